The molecule has 0 fully saturated rings. The van der Waals surface area contributed by atoms with Gasteiger partial charge in [-0.05, 0) is 25.1 Å². The Labute approximate surface area is 159 Å². The highest BCUT2D eigenvalue weighted by Gasteiger charge is 2.27. The van der Waals surface area contributed by atoms with Crippen molar-refractivity contribution >= 4 is 39.5 Å². The van der Waals surface area contributed by atoms with Crippen molar-refractivity contribution in [1.82, 2.24) is 15.6 Å². The van der Waals surface area contributed by atoms with Gasteiger partial charge in [-0.25, -0.2) is 14.6 Å². The van der Waals surface area contributed by atoms with Crippen molar-refractivity contribution in [2.75, 3.05) is 6.54 Å². The van der Waals surface area contributed by atoms with E-state index in [0.717, 1.165) is 10.2 Å². The lowest BCUT2D eigenvalue weighted by molar-refractivity contribution is -0.129. The zero-order valence-electron chi connectivity index (χ0n) is 14.5. The van der Waals surface area contributed by atoms with Crippen molar-refractivity contribution in [3.8, 4) is 0 Å². The van der Waals surface area contributed by atoms with E-state index < -0.39 is 24.0 Å². The summed E-state index contributed by atoms with van der Waals surface area (Å²) >= 11 is 1.40. The molecule has 3 rings (SSSR count). The van der Waals surface area contributed by atoms with Crippen molar-refractivity contribution < 1.29 is 19.1 Å². The third-order valence-electron chi connectivity index (χ3n) is 3.71. The Balaban J connectivity index is 1.82. The Morgan fingerprint density at radius 2 is 1.93 bits per heavy atom. The van der Waals surface area contributed by atoms with E-state index in [1.165, 1.54) is 11.3 Å². The van der Waals surface area contributed by atoms with Gasteiger partial charge in [-0.15, -0.1) is 11.3 Å². The standard InChI is InChI=1S/C19H17N3O4S/c1-2-20-19(25)22-17(23)16(12-6-4-3-5-7-12)26-18(24)13-8-9-14-15(10-13)27-11-21-14/h3-11,16H,2H2,1H3,(H2,20,22,23,25)/t16-/m1/s1. The molecule has 2 N–H and O–H groups in total. The van der Waals surface area contributed by atoms with E-state index in [-0.39, 0.29) is 0 Å². The van der Waals surface area contributed by atoms with Gasteiger partial charge in [-0.2, -0.15) is 0 Å². The maximum atomic E-state index is 12.6. The Bertz CT molecular complexity index is 971. The quantitative estimate of drug-likeness (QED) is 0.660. The molecule has 2 aromatic carbocycles. The van der Waals surface area contributed by atoms with Gasteiger partial charge in [-0.1, -0.05) is 30.3 Å². The van der Waals surface area contributed by atoms with Crippen LogP contribution < -0.4 is 10.6 Å². The highest BCUT2D eigenvalue weighted by Crippen LogP contribution is 2.23. The number of rotatable bonds is 5. The topological polar surface area (TPSA) is 97.4 Å². The number of nitrogens with zero attached hydrogens (tertiary/aromatic N) is 1. The minimum absolute atomic E-state index is 0.304. The fourth-order valence-corrected chi connectivity index (χ4v) is 3.16. The van der Waals surface area contributed by atoms with Crippen LogP contribution in [0, 0.1) is 0 Å². The molecule has 1 atom stereocenters. The summed E-state index contributed by atoms with van der Waals surface area (Å²) in [4.78, 5) is 40.9. The highest BCUT2D eigenvalue weighted by molar-refractivity contribution is 7.16. The van der Waals surface area contributed by atoms with Crippen molar-refractivity contribution in [3.63, 3.8) is 0 Å². The van der Waals surface area contributed by atoms with E-state index in [0.29, 0.717) is 17.7 Å². The normalized spacial score (nSPS) is 11.6. The van der Waals surface area contributed by atoms with Crippen LogP contribution in [0.3, 0.4) is 0 Å². The van der Waals surface area contributed by atoms with Gasteiger partial charge in [-0.3, -0.25) is 10.1 Å². The molecule has 0 saturated heterocycles. The fraction of sp³-hybridized carbons (Fsp3) is 0.158. The number of ether oxygens (including phenoxy) is 1. The first kappa shape index (κ1) is 18.5. The molecule has 27 heavy (non-hydrogen) atoms. The summed E-state index contributed by atoms with van der Waals surface area (Å²) in [5.41, 5.74) is 3.24. The molecule has 8 heteroatoms. The number of carbonyl (C=O) groups excluding carboxylic acids is 3. The second-order valence-electron chi connectivity index (χ2n) is 5.58. The van der Waals surface area contributed by atoms with Gasteiger partial charge >= 0.3 is 12.0 Å². The lowest BCUT2D eigenvalue weighted by Gasteiger charge is -2.17. The lowest BCUT2D eigenvalue weighted by Crippen LogP contribution is -2.42. The first-order valence-electron chi connectivity index (χ1n) is 8.26. The lowest BCUT2D eigenvalue weighted by atomic mass is 10.1. The molecule has 0 radical (unpaired) electrons. The third kappa shape index (κ3) is 4.48. The molecule has 7 nitrogen and oxygen atoms in total. The molecule has 0 saturated carbocycles. The summed E-state index contributed by atoms with van der Waals surface area (Å²) in [6, 6.07) is 12.9. The molecular formula is C19H17N3O4S. The molecule has 3 amide bonds. The number of amides is 3. The van der Waals surface area contributed by atoms with Crippen molar-refractivity contribution in [1.29, 1.82) is 0 Å². The molecule has 3 aromatic rings. The van der Waals surface area contributed by atoms with Gasteiger partial charge < -0.3 is 10.1 Å². The second-order valence-corrected chi connectivity index (χ2v) is 6.47. The zero-order chi connectivity index (χ0) is 19.2. The SMILES string of the molecule is CCNC(=O)NC(=O)[C@H](OC(=O)c1ccc2ncsc2c1)c1ccccc1. The van der Waals surface area contributed by atoms with Gasteiger partial charge in [0, 0.05) is 12.1 Å². The average molecular weight is 383 g/mol. The van der Waals surface area contributed by atoms with E-state index in [1.54, 1.807) is 61.0 Å². The molecule has 0 bridgehead atoms. The number of fused-ring (bicyclic) bond motifs is 1. The monoisotopic (exact) mass is 383 g/mol. The molecule has 138 valence electrons. The third-order valence-corrected chi connectivity index (χ3v) is 4.50. The number of imide groups is 1. The molecule has 0 spiro atoms. The fourth-order valence-electron chi connectivity index (χ4n) is 2.44. The van der Waals surface area contributed by atoms with Gasteiger partial charge in [0.05, 0.1) is 21.3 Å². The van der Waals surface area contributed by atoms with Crippen LogP contribution in [0.25, 0.3) is 10.2 Å². The summed E-state index contributed by atoms with van der Waals surface area (Å²) in [5, 5.41) is 4.66. The van der Waals surface area contributed by atoms with Crippen molar-refractivity contribution in [2.24, 2.45) is 0 Å². The first-order chi connectivity index (χ1) is 13.1. The minimum Gasteiger partial charge on any atom is -0.444 e. The van der Waals surface area contributed by atoms with Gasteiger partial charge in [0.25, 0.3) is 5.91 Å². The number of hydrogen-bond donors (Lipinski definition) is 2. The highest BCUT2D eigenvalue weighted by atomic mass is 32.1. The van der Waals surface area contributed by atoms with Crippen LogP contribution in [0.4, 0.5) is 4.79 Å². The van der Waals surface area contributed by atoms with Crippen molar-refractivity contribution in [2.45, 2.75) is 13.0 Å². The number of benzene rings is 2. The van der Waals surface area contributed by atoms with Crippen LogP contribution in [-0.2, 0) is 9.53 Å². The molecule has 0 aliphatic heterocycles. The Morgan fingerprint density at radius 1 is 1.15 bits per heavy atom. The van der Waals surface area contributed by atoms with Gasteiger partial charge in [0.1, 0.15) is 0 Å². The smallest absolute Gasteiger partial charge is 0.339 e. The number of aromatic nitrogens is 1. The van der Waals surface area contributed by atoms with Crippen LogP contribution in [0.5, 0.6) is 0 Å². The summed E-state index contributed by atoms with van der Waals surface area (Å²) in [5.74, 6) is -1.38. The van der Waals surface area contributed by atoms with E-state index in [2.05, 4.69) is 15.6 Å². The molecular weight excluding hydrogens is 366 g/mol. The Kier molecular flexibility index (Phi) is 5.77. The summed E-state index contributed by atoms with van der Waals surface area (Å²) < 4.78 is 6.28. The number of hydrogen-bond acceptors (Lipinski definition) is 6. The van der Waals surface area contributed by atoms with E-state index >= 15 is 0 Å². The first-order valence-corrected chi connectivity index (χ1v) is 9.14. The van der Waals surface area contributed by atoms with Gasteiger partial charge in [0.2, 0.25) is 6.10 Å². The van der Waals surface area contributed by atoms with Crippen LogP contribution >= 0.6 is 11.3 Å². The zero-order valence-corrected chi connectivity index (χ0v) is 15.3. The molecule has 1 heterocycles. The predicted octanol–water partition coefficient (Wildman–Crippen LogP) is 3.04. The number of carbonyl (C=O) groups is 3. The van der Waals surface area contributed by atoms with E-state index in [1.807, 2.05) is 0 Å². The molecule has 0 unspecified atom stereocenters. The van der Waals surface area contributed by atoms with Gasteiger partial charge in [0.15, 0.2) is 0 Å². The Hall–Kier alpha value is -3.26. The van der Waals surface area contributed by atoms with Crippen molar-refractivity contribution in [3.05, 3.63) is 65.2 Å². The van der Waals surface area contributed by atoms with E-state index in [4.69, 9.17) is 4.74 Å². The van der Waals surface area contributed by atoms with Crippen LogP contribution in [0.15, 0.2) is 54.0 Å². The summed E-state index contributed by atoms with van der Waals surface area (Å²) in [7, 11) is 0. The summed E-state index contributed by atoms with van der Waals surface area (Å²) in [6.07, 6.45) is -1.25. The molecule has 0 aliphatic rings. The van der Waals surface area contributed by atoms with E-state index in [9.17, 15) is 14.4 Å². The predicted molar refractivity (Wildman–Crippen MR) is 101 cm³/mol. The second kappa shape index (κ2) is 8.41. The van der Waals surface area contributed by atoms with Crippen LogP contribution in [-0.4, -0.2) is 29.4 Å². The average Bonchev–Trinajstić information content (AvgIpc) is 3.14. The van der Waals surface area contributed by atoms with Crippen LogP contribution in [0.1, 0.15) is 28.9 Å². The number of thiazole rings is 1. The molecule has 1 aromatic heterocycles. The van der Waals surface area contributed by atoms with Crippen LogP contribution in [0.2, 0.25) is 0 Å². The number of urea groups is 1. The minimum atomic E-state index is -1.25. The number of esters is 1. The summed E-state index contributed by atoms with van der Waals surface area (Å²) in [6.45, 7) is 2.10. The Morgan fingerprint density at radius 3 is 2.67 bits per heavy atom. The number of nitrogens with one attached hydrogen (secondary N) is 2. The maximum Gasteiger partial charge on any atom is 0.339 e. The maximum absolute atomic E-state index is 12.6. The molecule has 0 aliphatic carbocycles. The largest absolute Gasteiger partial charge is 0.444 e.